The Kier molecular flexibility index (Phi) is 7.27. The third-order valence-electron chi connectivity index (χ3n) is 3.54. The molecule has 0 aromatic heterocycles. The van der Waals surface area contributed by atoms with E-state index in [2.05, 4.69) is 61.6 Å². The van der Waals surface area contributed by atoms with Gasteiger partial charge in [-0.3, -0.25) is 0 Å². The highest BCUT2D eigenvalue weighted by Gasteiger charge is 2.09. The van der Waals surface area contributed by atoms with Crippen molar-refractivity contribution in [2.45, 2.75) is 32.4 Å². The summed E-state index contributed by atoms with van der Waals surface area (Å²) in [5.74, 6) is 0.909. The van der Waals surface area contributed by atoms with E-state index in [1.165, 1.54) is 11.1 Å². The summed E-state index contributed by atoms with van der Waals surface area (Å²) < 4.78 is 5.18. The second kappa shape index (κ2) is 8.71. The first-order chi connectivity index (χ1) is 9.69. The fourth-order valence-electron chi connectivity index (χ4n) is 2.44. The normalized spacial score (nSPS) is 13.1. The molecule has 0 heterocycles. The van der Waals surface area contributed by atoms with Crippen molar-refractivity contribution in [1.29, 1.82) is 0 Å². The Morgan fingerprint density at radius 3 is 2.14 bits per heavy atom. The molecule has 0 spiro atoms. The zero-order chi connectivity index (χ0) is 14.4. The standard InChI is InChI=1S/C18H23NO.ClH/c1-14(13-16-9-11-18(20-3)12-10-16)19-15(2)17-7-5-4-6-8-17;/h4-12,14-15,19H,13H2,1-3H3;1H/t14-,15?;/m1./s1. The van der Waals surface area contributed by atoms with Crippen molar-refractivity contribution >= 4 is 12.4 Å². The molecule has 0 saturated heterocycles. The molecule has 21 heavy (non-hydrogen) atoms. The van der Waals surface area contributed by atoms with Crippen LogP contribution in [-0.4, -0.2) is 13.2 Å². The van der Waals surface area contributed by atoms with Crippen LogP contribution in [-0.2, 0) is 6.42 Å². The van der Waals surface area contributed by atoms with Gasteiger partial charge in [0.2, 0.25) is 0 Å². The van der Waals surface area contributed by atoms with E-state index < -0.39 is 0 Å². The fraction of sp³-hybridized carbons (Fsp3) is 0.333. The second-order valence-electron chi connectivity index (χ2n) is 5.25. The highest BCUT2D eigenvalue weighted by atomic mass is 35.5. The molecule has 1 N–H and O–H groups in total. The quantitative estimate of drug-likeness (QED) is 0.854. The van der Waals surface area contributed by atoms with Gasteiger partial charge in [0.05, 0.1) is 7.11 Å². The van der Waals surface area contributed by atoms with Crippen LogP contribution in [0.5, 0.6) is 5.75 Å². The molecule has 2 nitrogen and oxygen atoms in total. The van der Waals surface area contributed by atoms with E-state index in [1.54, 1.807) is 7.11 Å². The molecule has 0 aliphatic heterocycles. The molecular formula is C18H24ClNO. The lowest BCUT2D eigenvalue weighted by molar-refractivity contribution is 0.414. The van der Waals surface area contributed by atoms with E-state index in [4.69, 9.17) is 4.74 Å². The molecule has 0 saturated carbocycles. The summed E-state index contributed by atoms with van der Waals surface area (Å²) >= 11 is 0. The molecule has 0 aliphatic rings. The lowest BCUT2D eigenvalue weighted by Crippen LogP contribution is -2.30. The molecule has 2 aromatic rings. The topological polar surface area (TPSA) is 21.3 Å². The maximum absolute atomic E-state index is 5.18. The molecule has 0 radical (unpaired) electrons. The molecule has 2 aromatic carbocycles. The van der Waals surface area contributed by atoms with E-state index in [0.29, 0.717) is 12.1 Å². The summed E-state index contributed by atoms with van der Waals surface area (Å²) in [6.45, 7) is 4.43. The Morgan fingerprint density at radius 2 is 1.57 bits per heavy atom. The smallest absolute Gasteiger partial charge is 0.118 e. The largest absolute Gasteiger partial charge is 0.497 e. The zero-order valence-corrected chi connectivity index (χ0v) is 13.7. The predicted molar refractivity (Wildman–Crippen MR) is 91.4 cm³/mol. The molecule has 1 unspecified atom stereocenters. The molecular weight excluding hydrogens is 282 g/mol. The molecule has 114 valence electrons. The Bertz CT molecular complexity index is 513. The van der Waals surface area contributed by atoms with Gasteiger partial charge in [-0.2, -0.15) is 0 Å². The average molecular weight is 306 g/mol. The number of ether oxygens (including phenoxy) is 1. The van der Waals surface area contributed by atoms with Gasteiger partial charge in [0.1, 0.15) is 5.75 Å². The second-order valence-corrected chi connectivity index (χ2v) is 5.25. The summed E-state index contributed by atoms with van der Waals surface area (Å²) in [6, 6.07) is 19.6. The van der Waals surface area contributed by atoms with Crippen LogP contribution in [0.4, 0.5) is 0 Å². The zero-order valence-electron chi connectivity index (χ0n) is 12.9. The predicted octanol–water partition coefficient (Wildman–Crippen LogP) is 4.40. The minimum Gasteiger partial charge on any atom is -0.497 e. The number of halogens is 1. The van der Waals surface area contributed by atoms with Gasteiger partial charge in [-0.15, -0.1) is 12.4 Å². The number of methoxy groups -OCH3 is 1. The van der Waals surface area contributed by atoms with Crippen molar-refractivity contribution < 1.29 is 4.74 Å². The van der Waals surface area contributed by atoms with Gasteiger partial charge in [-0.25, -0.2) is 0 Å². The van der Waals surface area contributed by atoms with Crippen LogP contribution in [0.25, 0.3) is 0 Å². The van der Waals surface area contributed by atoms with E-state index in [0.717, 1.165) is 12.2 Å². The highest BCUT2D eigenvalue weighted by Crippen LogP contribution is 2.15. The number of nitrogens with one attached hydrogen (secondary N) is 1. The lowest BCUT2D eigenvalue weighted by atomic mass is 10.0. The van der Waals surface area contributed by atoms with Crippen LogP contribution in [0.3, 0.4) is 0 Å². The monoisotopic (exact) mass is 305 g/mol. The van der Waals surface area contributed by atoms with Crippen molar-refractivity contribution in [2.24, 2.45) is 0 Å². The highest BCUT2D eigenvalue weighted by molar-refractivity contribution is 5.85. The molecule has 0 aliphatic carbocycles. The maximum atomic E-state index is 5.18. The summed E-state index contributed by atoms with van der Waals surface area (Å²) in [5.41, 5.74) is 2.65. The number of hydrogen-bond donors (Lipinski definition) is 1. The molecule has 2 atom stereocenters. The first-order valence-electron chi connectivity index (χ1n) is 7.13. The van der Waals surface area contributed by atoms with Gasteiger partial charge in [0.25, 0.3) is 0 Å². The Hall–Kier alpha value is -1.51. The van der Waals surface area contributed by atoms with Crippen LogP contribution < -0.4 is 10.1 Å². The van der Waals surface area contributed by atoms with E-state index >= 15 is 0 Å². The van der Waals surface area contributed by atoms with Crippen LogP contribution in [0.1, 0.15) is 31.0 Å². The van der Waals surface area contributed by atoms with Gasteiger partial charge < -0.3 is 10.1 Å². The minimum absolute atomic E-state index is 0. The number of benzene rings is 2. The summed E-state index contributed by atoms with van der Waals surface area (Å²) in [7, 11) is 1.70. The van der Waals surface area contributed by atoms with Crippen molar-refractivity contribution in [3.8, 4) is 5.75 Å². The van der Waals surface area contributed by atoms with Crippen molar-refractivity contribution in [3.05, 3.63) is 65.7 Å². The Labute approximate surface area is 133 Å². The van der Waals surface area contributed by atoms with Gasteiger partial charge in [0.15, 0.2) is 0 Å². The third-order valence-corrected chi connectivity index (χ3v) is 3.54. The molecule has 2 rings (SSSR count). The van der Waals surface area contributed by atoms with Gasteiger partial charge in [-0.1, -0.05) is 42.5 Å². The van der Waals surface area contributed by atoms with E-state index in [9.17, 15) is 0 Å². The Morgan fingerprint density at radius 1 is 0.952 bits per heavy atom. The molecule has 3 heteroatoms. The molecule has 0 amide bonds. The molecule has 0 bridgehead atoms. The third kappa shape index (κ3) is 5.41. The van der Waals surface area contributed by atoms with E-state index in [1.807, 2.05) is 12.1 Å². The van der Waals surface area contributed by atoms with Crippen LogP contribution in [0.2, 0.25) is 0 Å². The SMILES string of the molecule is COc1ccc(C[C@@H](C)NC(C)c2ccccc2)cc1.Cl. The van der Waals surface area contributed by atoms with Crippen LogP contribution in [0.15, 0.2) is 54.6 Å². The summed E-state index contributed by atoms with van der Waals surface area (Å²) in [4.78, 5) is 0. The molecule has 0 fully saturated rings. The van der Waals surface area contributed by atoms with Gasteiger partial charge in [-0.05, 0) is 43.5 Å². The van der Waals surface area contributed by atoms with Gasteiger partial charge >= 0.3 is 0 Å². The maximum Gasteiger partial charge on any atom is 0.118 e. The van der Waals surface area contributed by atoms with Crippen molar-refractivity contribution in [2.75, 3.05) is 7.11 Å². The van der Waals surface area contributed by atoms with Crippen molar-refractivity contribution in [3.63, 3.8) is 0 Å². The number of hydrogen-bond acceptors (Lipinski definition) is 2. The Balaban J connectivity index is 0.00000220. The first-order valence-corrected chi connectivity index (χ1v) is 7.13. The van der Waals surface area contributed by atoms with Crippen molar-refractivity contribution in [1.82, 2.24) is 5.32 Å². The lowest BCUT2D eigenvalue weighted by Gasteiger charge is -2.20. The average Bonchev–Trinajstić information content (AvgIpc) is 2.49. The summed E-state index contributed by atoms with van der Waals surface area (Å²) in [5, 5.41) is 3.64. The number of rotatable bonds is 6. The van der Waals surface area contributed by atoms with Crippen LogP contribution in [0, 0.1) is 0 Å². The minimum atomic E-state index is 0. The fourth-order valence-corrected chi connectivity index (χ4v) is 2.44. The van der Waals surface area contributed by atoms with E-state index in [-0.39, 0.29) is 12.4 Å². The van der Waals surface area contributed by atoms with Gasteiger partial charge in [0, 0.05) is 12.1 Å². The summed E-state index contributed by atoms with van der Waals surface area (Å²) in [6.07, 6.45) is 1.02. The first kappa shape index (κ1) is 17.5. The van der Waals surface area contributed by atoms with Crippen LogP contribution >= 0.6 is 12.4 Å².